The summed E-state index contributed by atoms with van der Waals surface area (Å²) in [5.41, 5.74) is 0. The molecule has 0 radical (unpaired) electrons. The Labute approximate surface area is 81.2 Å². The number of rotatable bonds is 1. The predicted molar refractivity (Wildman–Crippen MR) is 56.9 cm³/mol. The van der Waals surface area contributed by atoms with Gasteiger partial charge in [-0.05, 0) is 18.8 Å². The maximum atomic E-state index is 4.56. The lowest BCUT2D eigenvalue weighted by Crippen LogP contribution is -2.39. The topological polar surface area (TPSA) is 27.6 Å². The molecule has 0 spiro atoms. The van der Waals surface area contributed by atoms with E-state index in [1.165, 1.54) is 0 Å². The maximum Gasteiger partial charge on any atom is 0.193 e. The summed E-state index contributed by atoms with van der Waals surface area (Å²) in [5, 5.41) is 3.39. The van der Waals surface area contributed by atoms with Crippen molar-refractivity contribution in [3.05, 3.63) is 0 Å². The minimum atomic E-state index is 0.690. The van der Waals surface area contributed by atoms with Crippen LogP contribution in [-0.4, -0.2) is 37.5 Å². The van der Waals surface area contributed by atoms with E-state index in [4.69, 9.17) is 0 Å². The maximum absolute atomic E-state index is 4.56. The van der Waals surface area contributed by atoms with E-state index in [1.807, 2.05) is 0 Å². The minimum absolute atomic E-state index is 0.690. The summed E-state index contributed by atoms with van der Waals surface area (Å²) >= 11 is 0. The van der Waals surface area contributed by atoms with Crippen molar-refractivity contribution in [3.8, 4) is 0 Å². The van der Waals surface area contributed by atoms with Gasteiger partial charge in [-0.2, -0.15) is 0 Å². The summed E-state index contributed by atoms with van der Waals surface area (Å²) in [4.78, 5) is 6.71. The summed E-state index contributed by atoms with van der Waals surface area (Å²) in [5.74, 6) is 2.46. The normalized spacial score (nSPS) is 28.8. The quantitative estimate of drug-likeness (QED) is 0.661. The van der Waals surface area contributed by atoms with Crippen molar-refractivity contribution in [1.29, 1.82) is 0 Å². The molecule has 1 aliphatic rings. The zero-order valence-electron chi connectivity index (χ0n) is 9.17. The number of nitrogens with one attached hydrogen (secondary N) is 1. The van der Waals surface area contributed by atoms with Crippen LogP contribution in [0.5, 0.6) is 0 Å². The highest BCUT2D eigenvalue weighted by Gasteiger charge is 2.17. The molecule has 0 amide bonds. The Morgan fingerprint density at radius 3 is 2.77 bits per heavy atom. The van der Waals surface area contributed by atoms with Crippen molar-refractivity contribution in [2.45, 2.75) is 20.8 Å². The highest BCUT2D eigenvalue weighted by molar-refractivity contribution is 5.79. The van der Waals surface area contributed by atoms with Crippen LogP contribution in [0.15, 0.2) is 4.99 Å². The van der Waals surface area contributed by atoms with Gasteiger partial charge in [-0.15, -0.1) is 0 Å². The number of hydrogen-bond donors (Lipinski definition) is 1. The molecule has 2 atom stereocenters. The largest absolute Gasteiger partial charge is 0.356 e. The fourth-order valence-corrected chi connectivity index (χ4v) is 1.33. The molecule has 1 aliphatic heterocycles. The molecule has 3 heteroatoms. The molecular formula is C10H21N3. The summed E-state index contributed by atoms with van der Waals surface area (Å²) in [6.45, 7) is 9.70. The second-order valence-corrected chi connectivity index (χ2v) is 4.01. The third kappa shape index (κ3) is 2.61. The van der Waals surface area contributed by atoms with E-state index in [0.29, 0.717) is 11.8 Å². The predicted octanol–water partition coefficient (Wildman–Crippen LogP) is 1.17. The third-order valence-electron chi connectivity index (χ3n) is 2.92. The average Bonchev–Trinajstić information content (AvgIpc) is 2.30. The molecule has 0 aromatic heterocycles. The molecule has 0 aromatic carbocycles. The van der Waals surface area contributed by atoms with E-state index < -0.39 is 0 Å². The molecule has 0 saturated heterocycles. The van der Waals surface area contributed by atoms with Crippen molar-refractivity contribution in [2.24, 2.45) is 16.8 Å². The monoisotopic (exact) mass is 183 g/mol. The number of nitrogens with zero attached hydrogens (tertiary/aromatic N) is 2. The Bertz CT molecular complexity index is 189. The van der Waals surface area contributed by atoms with Crippen molar-refractivity contribution >= 4 is 5.96 Å². The van der Waals surface area contributed by atoms with Gasteiger partial charge in [-0.3, -0.25) is 4.99 Å². The first-order chi connectivity index (χ1) is 6.15. The minimum Gasteiger partial charge on any atom is -0.356 e. The molecule has 0 saturated carbocycles. The number of aliphatic imine (C=N–C) groups is 1. The van der Waals surface area contributed by atoms with E-state index in [0.717, 1.165) is 25.6 Å². The third-order valence-corrected chi connectivity index (χ3v) is 2.92. The fraction of sp³-hybridized carbons (Fsp3) is 0.900. The van der Waals surface area contributed by atoms with Crippen molar-refractivity contribution in [1.82, 2.24) is 10.2 Å². The molecule has 0 fully saturated rings. The lowest BCUT2D eigenvalue weighted by atomic mass is 9.97. The Morgan fingerprint density at radius 1 is 1.46 bits per heavy atom. The van der Waals surface area contributed by atoms with Crippen LogP contribution in [0.25, 0.3) is 0 Å². The van der Waals surface area contributed by atoms with Gasteiger partial charge in [0.2, 0.25) is 0 Å². The van der Waals surface area contributed by atoms with Gasteiger partial charge in [0.15, 0.2) is 5.96 Å². The molecule has 3 nitrogen and oxygen atoms in total. The van der Waals surface area contributed by atoms with E-state index in [2.05, 4.69) is 43.0 Å². The second kappa shape index (κ2) is 4.49. The van der Waals surface area contributed by atoms with Crippen LogP contribution in [0.2, 0.25) is 0 Å². The van der Waals surface area contributed by atoms with Crippen LogP contribution in [0.3, 0.4) is 0 Å². The standard InChI is InChI=1S/C10H21N3/c1-5-13(4)10-11-6-8(2)9(3)7-12-10/h8-9H,5-7H2,1-4H3,(H,11,12)/t8-,9?/m1/s1. The van der Waals surface area contributed by atoms with Crippen LogP contribution in [0, 0.1) is 11.8 Å². The Balaban J connectivity index is 2.58. The SMILES string of the molecule is CCN(C)C1=NC[C@@H](C)C(C)CN1. The Morgan fingerprint density at radius 2 is 2.15 bits per heavy atom. The number of hydrogen-bond acceptors (Lipinski definition) is 3. The molecule has 1 N–H and O–H groups in total. The highest BCUT2D eigenvalue weighted by Crippen LogP contribution is 2.12. The molecule has 13 heavy (non-hydrogen) atoms. The molecule has 1 heterocycles. The van der Waals surface area contributed by atoms with Crippen molar-refractivity contribution in [2.75, 3.05) is 26.7 Å². The van der Waals surface area contributed by atoms with Gasteiger partial charge in [0, 0.05) is 26.7 Å². The summed E-state index contributed by atoms with van der Waals surface area (Å²) < 4.78 is 0. The van der Waals surface area contributed by atoms with E-state index in [1.54, 1.807) is 0 Å². The van der Waals surface area contributed by atoms with Crippen LogP contribution in [-0.2, 0) is 0 Å². The summed E-state index contributed by atoms with van der Waals surface area (Å²) in [6.07, 6.45) is 0. The highest BCUT2D eigenvalue weighted by atomic mass is 15.3. The van der Waals surface area contributed by atoms with Crippen molar-refractivity contribution < 1.29 is 0 Å². The van der Waals surface area contributed by atoms with Crippen LogP contribution < -0.4 is 5.32 Å². The lowest BCUT2D eigenvalue weighted by Gasteiger charge is -2.20. The molecule has 0 bridgehead atoms. The van der Waals surface area contributed by atoms with Gasteiger partial charge in [0.05, 0.1) is 0 Å². The van der Waals surface area contributed by atoms with Gasteiger partial charge in [0.1, 0.15) is 0 Å². The average molecular weight is 183 g/mol. The Kier molecular flexibility index (Phi) is 3.58. The van der Waals surface area contributed by atoms with E-state index in [-0.39, 0.29) is 0 Å². The van der Waals surface area contributed by atoms with Gasteiger partial charge >= 0.3 is 0 Å². The molecule has 1 rings (SSSR count). The summed E-state index contributed by atoms with van der Waals surface area (Å²) in [7, 11) is 2.08. The smallest absolute Gasteiger partial charge is 0.193 e. The van der Waals surface area contributed by atoms with Gasteiger partial charge in [-0.1, -0.05) is 13.8 Å². The number of guanidine groups is 1. The van der Waals surface area contributed by atoms with Crippen molar-refractivity contribution in [3.63, 3.8) is 0 Å². The first-order valence-electron chi connectivity index (χ1n) is 5.14. The zero-order chi connectivity index (χ0) is 9.84. The van der Waals surface area contributed by atoms with E-state index in [9.17, 15) is 0 Å². The first kappa shape index (κ1) is 10.4. The zero-order valence-corrected chi connectivity index (χ0v) is 9.17. The van der Waals surface area contributed by atoms with Gasteiger partial charge in [0.25, 0.3) is 0 Å². The fourth-order valence-electron chi connectivity index (χ4n) is 1.33. The molecule has 0 aliphatic carbocycles. The van der Waals surface area contributed by atoms with Crippen LogP contribution >= 0.6 is 0 Å². The Hall–Kier alpha value is -0.730. The summed E-state index contributed by atoms with van der Waals surface area (Å²) in [6, 6.07) is 0. The first-order valence-corrected chi connectivity index (χ1v) is 5.14. The van der Waals surface area contributed by atoms with Crippen LogP contribution in [0.1, 0.15) is 20.8 Å². The van der Waals surface area contributed by atoms with Crippen LogP contribution in [0.4, 0.5) is 0 Å². The lowest BCUT2D eigenvalue weighted by molar-refractivity contribution is 0.403. The van der Waals surface area contributed by atoms with E-state index >= 15 is 0 Å². The van der Waals surface area contributed by atoms with Gasteiger partial charge in [-0.25, -0.2) is 0 Å². The molecular weight excluding hydrogens is 162 g/mol. The van der Waals surface area contributed by atoms with Gasteiger partial charge < -0.3 is 10.2 Å². The molecule has 76 valence electrons. The molecule has 0 aromatic rings. The second-order valence-electron chi connectivity index (χ2n) is 4.01. The molecule has 1 unspecified atom stereocenters.